The molecule has 2 N–H and O–H groups in total. The molecule has 3 nitrogen and oxygen atoms in total. The van der Waals surface area contributed by atoms with Crippen molar-refractivity contribution in [3.05, 3.63) is 0 Å². The van der Waals surface area contributed by atoms with E-state index >= 15 is 0 Å². The fourth-order valence-corrected chi connectivity index (χ4v) is 1.49. The van der Waals surface area contributed by atoms with Crippen LogP contribution in [0.2, 0.25) is 0 Å². The molecule has 1 saturated carbocycles. The van der Waals surface area contributed by atoms with Gasteiger partial charge in [-0.2, -0.15) is 0 Å². The quantitative estimate of drug-likeness (QED) is 0.539. The van der Waals surface area contributed by atoms with Gasteiger partial charge in [0, 0.05) is 12.1 Å². The predicted octanol–water partition coefficient (Wildman–Crippen LogP) is -0.127. The minimum Gasteiger partial charge on any atom is -0.356 e. The van der Waals surface area contributed by atoms with E-state index in [0.717, 1.165) is 19.3 Å². The minimum absolute atomic E-state index is 0.412. The monoisotopic (exact) mass is 142 g/mol. The van der Waals surface area contributed by atoms with Gasteiger partial charge in [0.1, 0.15) is 0 Å². The molecule has 10 heavy (non-hydrogen) atoms. The number of hydrogen-bond donors (Lipinski definition) is 2. The van der Waals surface area contributed by atoms with Crippen molar-refractivity contribution >= 4 is 6.41 Å². The molecule has 0 radical (unpaired) electrons. The lowest BCUT2D eigenvalue weighted by Crippen LogP contribution is -2.28. The number of carbonyl (C=O) groups is 1. The zero-order valence-corrected chi connectivity index (χ0v) is 6.26. The number of carbonyl (C=O) groups excluding carboxylic acids is 1. The van der Waals surface area contributed by atoms with Crippen LogP contribution in [0.15, 0.2) is 0 Å². The third-order valence-corrected chi connectivity index (χ3v) is 2.14. The van der Waals surface area contributed by atoms with Crippen molar-refractivity contribution in [2.24, 2.45) is 0 Å². The van der Waals surface area contributed by atoms with Crippen molar-refractivity contribution in [1.82, 2.24) is 10.6 Å². The van der Waals surface area contributed by atoms with E-state index in [1.165, 1.54) is 6.42 Å². The Morgan fingerprint density at radius 2 is 2.10 bits per heavy atom. The minimum atomic E-state index is 0.412. The van der Waals surface area contributed by atoms with Gasteiger partial charge in [-0.3, -0.25) is 4.79 Å². The highest BCUT2D eigenvalue weighted by atomic mass is 16.1. The molecule has 0 heterocycles. The first-order valence-corrected chi connectivity index (χ1v) is 3.73. The standard InChI is InChI=1S/C7H14N2O/c1-8-6-2-3-7(4-6)9-5-10/h5-8H,2-4H2,1H3,(H,9,10). The Bertz CT molecular complexity index is 116. The summed E-state index contributed by atoms with van der Waals surface area (Å²) in [5.74, 6) is 0. The normalized spacial score (nSPS) is 32.1. The van der Waals surface area contributed by atoms with Crippen molar-refractivity contribution in [3.63, 3.8) is 0 Å². The fraction of sp³-hybridized carbons (Fsp3) is 0.857. The van der Waals surface area contributed by atoms with Crippen LogP contribution in [-0.2, 0) is 4.79 Å². The van der Waals surface area contributed by atoms with Crippen LogP contribution < -0.4 is 10.6 Å². The summed E-state index contributed by atoms with van der Waals surface area (Å²) in [6, 6.07) is 1.02. The van der Waals surface area contributed by atoms with Gasteiger partial charge in [0.25, 0.3) is 0 Å². The second-order valence-electron chi connectivity index (χ2n) is 2.78. The fourth-order valence-electron chi connectivity index (χ4n) is 1.49. The third kappa shape index (κ3) is 1.70. The SMILES string of the molecule is CNC1CCC(NC=O)C1. The number of amides is 1. The number of hydrogen-bond acceptors (Lipinski definition) is 2. The van der Waals surface area contributed by atoms with E-state index < -0.39 is 0 Å². The molecule has 58 valence electrons. The van der Waals surface area contributed by atoms with Crippen LogP contribution in [0.4, 0.5) is 0 Å². The molecule has 0 aliphatic heterocycles. The molecule has 1 rings (SSSR count). The van der Waals surface area contributed by atoms with Crippen LogP contribution in [0.5, 0.6) is 0 Å². The zero-order valence-electron chi connectivity index (χ0n) is 6.26. The van der Waals surface area contributed by atoms with E-state index in [0.29, 0.717) is 12.1 Å². The molecule has 2 unspecified atom stereocenters. The van der Waals surface area contributed by atoms with Crippen LogP contribution in [0.25, 0.3) is 0 Å². The lowest BCUT2D eigenvalue weighted by atomic mass is 10.2. The van der Waals surface area contributed by atoms with Gasteiger partial charge < -0.3 is 10.6 Å². The van der Waals surface area contributed by atoms with Crippen molar-refractivity contribution in [3.8, 4) is 0 Å². The summed E-state index contributed by atoms with van der Waals surface area (Å²) in [4.78, 5) is 10.0. The molecule has 1 aliphatic carbocycles. The van der Waals surface area contributed by atoms with Crippen molar-refractivity contribution in [2.75, 3.05) is 7.05 Å². The van der Waals surface area contributed by atoms with Gasteiger partial charge in [-0.25, -0.2) is 0 Å². The molecule has 1 fully saturated rings. The van der Waals surface area contributed by atoms with Crippen molar-refractivity contribution < 1.29 is 4.79 Å². The summed E-state index contributed by atoms with van der Waals surface area (Å²) >= 11 is 0. The van der Waals surface area contributed by atoms with Crippen molar-refractivity contribution in [1.29, 1.82) is 0 Å². The van der Waals surface area contributed by atoms with Gasteiger partial charge in [0.15, 0.2) is 0 Å². The predicted molar refractivity (Wildman–Crippen MR) is 39.7 cm³/mol. The van der Waals surface area contributed by atoms with Gasteiger partial charge in [0.2, 0.25) is 6.41 Å². The summed E-state index contributed by atoms with van der Waals surface area (Å²) < 4.78 is 0. The first kappa shape index (κ1) is 7.54. The van der Waals surface area contributed by atoms with Gasteiger partial charge in [0.05, 0.1) is 0 Å². The lowest BCUT2D eigenvalue weighted by molar-refractivity contribution is -0.110. The Balaban J connectivity index is 2.21. The van der Waals surface area contributed by atoms with Gasteiger partial charge >= 0.3 is 0 Å². The van der Waals surface area contributed by atoms with E-state index in [1.54, 1.807) is 0 Å². The van der Waals surface area contributed by atoms with E-state index in [4.69, 9.17) is 0 Å². The van der Waals surface area contributed by atoms with Crippen LogP contribution in [0.3, 0.4) is 0 Å². The smallest absolute Gasteiger partial charge is 0.207 e. The molecule has 0 spiro atoms. The van der Waals surface area contributed by atoms with Crippen LogP contribution in [0, 0.1) is 0 Å². The topological polar surface area (TPSA) is 41.1 Å². The first-order valence-electron chi connectivity index (χ1n) is 3.73. The highest BCUT2D eigenvalue weighted by molar-refractivity contribution is 5.46. The average molecular weight is 142 g/mol. The Morgan fingerprint density at radius 3 is 2.60 bits per heavy atom. The van der Waals surface area contributed by atoms with Crippen molar-refractivity contribution in [2.45, 2.75) is 31.3 Å². The van der Waals surface area contributed by atoms with Crippen LogP contribution >= 0.6 is 0 Å². The maximum atomic E-state index is 10.0. The Kier molecular flexibility index (Phi) is 2.68. The van der Waals surface area contributed by atoms with Gasteiger partial charge in [-0.1, -0.05) is 0 Å². The molecule has 0 bridgehead atoms. The van der Waals surface area contributed by atoms with Gasteiger partial charge in [-0.15, -0.1) is 0 Å². The number of rotatable bonds is 3. The highest BCUT2D eigenvalue weighted by Gasteiger charge is 2.21. The highest BCUT2D eigenvalue weighted by Crippen LogP contribution is 2.17. The average Bonchev–Trinajstić information content (AvgIpc) is 2.37. The molecular formula is C7H14N2O. The summed E-state index contributed by atoms with van der Waals surface area (Å²) in [5, 5.41) is 5.98. The molecule has 0 aromatic carbocycles. The second kappa shape index (κ2) is 3.56. The summed E-state index contributed by atoms with van der Waals surface area (Å²) in [6.45, 7) is 0. The van der Waals surface area contributed by atoms with Crippen LogP contribution in [0.1, 0.15) is 19.3 Å². The maximum Gasteiger partial charge on any atom is 0.207 e. The molecule has 2 atom stereocenters. The Morgan fingerprint density at radius 1 is 1.40 bits per heavy atom. The lowest BCUT2D eigenvalue weighted by Gasteiger charge is -2.08. The maximum absolute atomic E-state index is 10.0. The Hall–Kier alpha value is -0.570. The molecule has 1 amide bonds. The summed E-state index contributed by atoms with van der Waals surface area (Å²) in [7, 11) is 1.97. The zero-order chi connectivity index (χ0) is 7.40. The largest absolute Gasteiger partial charge is 0.356 e. The molecule has 0 aromatic heterocycles. The van der Waals surface area contributed by atoms with E-state index in [-0.39, 0.29) is 0 Å². The first-order chi connectivity index (χ1) is 4.86. The third-order valence-electron chi connectivity index (χ3n) is 2.14. The molecule has 0 saturated heterocycles. The van der Waals surface area contributed by atoms with Gasteiger partial charge in [-0.05, 0) is 26.3 Å². The summed E-state index contributed by atoms with van der Waals surface area (Å²) in [6.07, 6.45) is 4.17. The number of nitrogens with one attached hydrogen (secondary N) is 2. The molecule has 1 aliphatic rings. The second-order valence-corrected chi connectivity index (χ2v) is 2.78. The molecule has 0 aromatic rings. The summed E-state index contributed by atoms with van der Waals surface area (Å²) in [5.41, 5.74) is 0. The van der Waals surface area contributed by atoms with E-state index in [9.17, 15) is 4.79 Å². The molecular weight excluding hydrogens is 128 g/mol. The van der Waals surface area contributed by atoms with E-state index in [2.05, 4.69) is 10.6 Å². The van der Waals surface area contributed by atoms with E-state index in [1.807, 2.05) is 7.05 Å². The Labute approximate surface area is 61.2 Å². The molecule has 3 heteroatoms. The van der Waals surface area contributed by atoms with Crippen LogP contribution in [-0.4, -0.2) is 25.5 Å².